The van der Waals surface area contributed by atoms with Crippen molar-refractivity contribution < 1.29 is 18.7 Å². The molecule has 2 aromatic rings. The van der Waals surface area contributed by atoms with E-state index in [2.05, 4.69) is 0 Å². The van der Waals surface area contributed by atoms with Gasteiger partial charge in [-0.05, 0) is 30.7 Å². The standard InChI is InChI=1S/C21H25N3O4S/c1-27-17-6-3-2-5-16(17)24-11-10-23(21(24)26)15-20(25)22-9-8-19(29-14-12-22)18-7-4-13-28-18/h2-7,13,19H,8-12,14-15H2,1H3. The van der Waals surface area contributed by atoms with Crippen molar-refractivity contribution >= 4 is 29.4 Å². The number of furan rings is 1. The fourth-order valence-corrected chi connectivity index (χ4v) is 4.97. The second-order valence-electron chi connectivity index (χ2n) is 7.07. The lowest BCUT2D eigenvalue weighted by molar-refractivity contribution is -0.131. The van der Waals surface area contributed by atoms with Crippen LogP contribution in [0.5, 0.6) is 5.75 Å². The fourth-order valence-electron chi connectivity index (χ4n) is 3.79. The van der Waals surface area contributed by atoms with Gasteiger partial charge in [-0.1, -0.05) is 12.1 Å². The molecular weight excluding hydrogens is 390 g/mol. The number of rotatable bonds is 5. The van der Waals surface area contributed by atoms with Gasteiger partial charge in [0.1, 0.15) is 18.1 Å². The van der Waals surface area contributed by atoms with Gasteiger partial charge in [-0.15, -0.1) is 11.8 Å². The number of benzene rings is 1. The van der Waals surface area contributed by atoms with E-state index in [1.165, 1.54) is 0 Å². The number of methoxy groups -OCH3 is 1. The number of ether oxygens (including phenoxy) is 1. The summed E-state index contributed by atoms with van der Waals surface area (Å²) < 4.78 is 10.9. The highest BCUT2D eigenvalue weighted by atomic mass is 32.2. The van der Waals surface area contributed by atoms with Gasteiger partial charge in [0.15, 0.2) is 0 Å². The van der Waals surface area contributed by atoms with E-state index in [4.69, 9.17) is 9.15 Å². The number of hydrogen-bond acceptors (Lipinski definition) is 5. The predicted octanol–water partition coefficient (Wildman–Crippen LogP) is 3.24. The minimum Gasteiger partial charge on any atom is -0.495 e. The SMILES string of the molecule is COc1ccccc1N1CCN(CC(=O)N2CCSC(c3ccco3)CC2)C1=O. The third kappa shape index (κ3) is 4.22. The lowest BCUT2D eigenvalue weighted by Crippen LogP contribution is -2.43. The first-order valence-corrected chi connectivity index (χ1v) is 10.8. The molecule has 1 unspecified atom stereocenters. The third-order valence-corrected chi connectivity index (χ3v) is 6.64. The minimum absolute atomic E-state index is 0.000853. The number of para-hydroxylation sites is 2. The average Bonchev–Trinajstić information content (AvgIpc) is 3.32. The van der Waals surface area contributed by atoms with Crippen LogP contribution in [0.25, 0.3) is 0 Å². The number of urea groups is 1. The van der Waals surface area contributed by atoms with E-state index < -0.39 is 0 Å². The van der Waals surface area contributed by atoms with Crippen molar-refractivity contribution in [3.63, 3.8) is 0 Å². The lowest BCUT2D eigenvalue weighted by atomic mass is 10.2. The number of anilines is 1. The van der Waals surface area contributed by atoms with Crippen molar-refractivity contribution in [3.05, 3.63) is 48.4 Å². The Labute approximate surface area is 174 Å². The number of carbonyl (C=O) groups excluding carboxylic acids is 2. The topological polar surface area (TPSA) is 66.2 Å². The summed E-state index contributed by atoms with van der Waals surface area (Å²) in [5.41, 5.74) is 0.738. The van der Waals surface area contributed by atoms with E-state index >= 15 is 0 Å². The van der Waals surface area contributed by atoms with Crippen LogP contribution in [0, 0.1) is 0 Å². The Kier molecular flexibility index (Phi) is 5.99. The molecule has 0 N–H and O–H groups in total. The van der Waals surface area contributed by atoms with Crippen molar-refractivity contribution in [2.24, 2.45) is 0 Å². The molecule has 3 heterocycles. The first kappa shape index (κ1) is 19.7. The van der Waals surface area contributed by atoms with E-state index in [1.54, 1.807) is 23.2 Å². The van der Waals surface area contributed by atoms with Crippen LogP contribution in [0.3, 0.4) is 0 Å². The maximum absolute atomic E-state index is 12.9. The molecule has 0 saturated carbocycles. The van der Waals surface area contributed by atoms with Crippen LogP contribution in [-0.2, 0) is 4.79 Å². The monoisotopic (exact) mass is 415 g/mol. The number of thioether (sulfide) groups is 1. The molecule has 2 saturated heterocycles. The fraction of sp³-hybridized carbons (Fsp3) is 0.429. The van der Waals surface area contributed by atoms with E-state index in [-0.39, 0.29) is 23.7 Å². The number of nitrogens with zero attached hydrogens (tertiary/aromatic N) is 3. The van der Waals surface area contributed by atoms with Gasteiger partial charge >= 0.3 is 6.03 Å². The molecule has 8 heteroatoms. The van der Waals surface area contributed by atoms with Crippen LogP contribution in [0.4, 0.5) is 10.5 Å². The Bertz CT molecular complexity index is 857. The molecule has 1 atom stereocenters. The molecule has 2 fully saturated rings. The molecular formula is C21H25N3O4S. The third-order valence-electron chi connectivity index (χ3n) is 5.35. The second-order valence-corrected chi connectivity index (χ2v) is 8.38. The molecule has 0 aliphatic carbocycles. The summed E-state index contributed by atoms with van der Waals surface area (Å²) >= 11 is 1.82. The van der Waals surface area contributed by atoms with Crippen molar-refractivity contribution in [2.75, 3.05) is 50.5 Å². The highest BCUT2D eigenvalue weighted by Crippen LogP contribution is 2.35. The molecule has 154 valence electrons. The van der Waals surface area contributed by atoms with E-state index in [1.807, 2.05) is 53.1 Å². The quantitative estimate of drug-likeness (QED) is 0.750. The molecule has 0 radical (unpaired) electrons. The van der Waals surface area contributed by atoms with Crippen molar-refractivity contribution in [3.8, 4) is 5.75 Å². The smallest absolute Gasteiger partial charge is 0.325 e. The Morgan fingerprint density at radius 2 is 2.03 bits per heavy atom. The van der Waals surface area contributed by atoms with Crippen LogP contribution >= 0.6 is 11.8 Å². The van der Waals surface area contributed by atoms with E-state index in [0.29, 0.717) is 31.9 Å². The van der Waals surface area contributed by atoms with Gasteiger partial charge in [0.05, 0.1) is 24.3 Å². The minimum atomic E-state index is -0.152. The zero-order valence-electron chi connectivity index (χ0n) is 16.5. The summed E-state index contributed by atoms with van der Waals surface area (Å²) in [7, 11) is 1.59. The van der Waals surface area contributed by atoms with Crippen LogP contribution in [-0.4, -0.2) is 67.3 Å². The Morgan fingerprint density at radius 1 is 1.17 bits per heavy atom. The first-order chi connectivity index (χ1) is 14.2. The zero-order valence-corrected chi connectivity index (χ0v) is 17.3. The van der Waals surface area contributed by atoms with Gasteiger partial charge in [-0.25, -0.2) is 4.79 Å². The number of amides is 3. The zero-order chi connectivity index (χ0) is 20.2. The van der Waals surface area contributed by atoms with Crippen LogP contribution < -0.4 is 9.64 Å². The van der Waals surface area contributed by atoms with Gasteiger partial charge in [0.2, 0.25) is 5.91 Å². The summed E-state index contributed by atoms with van der Waals surface area (Å²) in [4.78, 5) is 30.9. The molecule has 2 aliphatic rings. The maximum Gasteiger partial charge on any atom is 0.325 e. The Balaban J connectivity index is 1.36. The largest absolute Gasteiger partial charge is 0.495 e. The van der Waals surface area contributed by atoms with Crippen LogP contribution in [0.15, 0.2) is 47.1 Å². The van der Waals surface area contributed by atoms with Gasteiger partial charge in [0.25, 0.3) is 0 Å². The molecule has 7 nitrogen and oxygen atoms in total. The predicted molar refractivity (Wildman–Crippen MR) is 112 cm³/mol. The normalized spacial score (nSPS) is 20.1. The Hall–Kier alpha value is -2.61. The van der Waals surface area contributed by atoms with Gasteiger partial charge < -0.3 is 19.0 Å². The molecule has 1 aromatic heterocycles. The van der Waals surface area contributed by atoms with Gasteiger partial charge in [0, 0.05) is 31.9 Å². The van der Waals surface area contributed by atoms with Gasteiger partial charge in [-0.2, -0.15) is 0 Å². The molecule has 4 rings (SSSR count). The Morgan fingerprint density at radius 3 is 2.83 bits per heavy atom. The van der Waals surface area contributed by atoms with E-state index in [9.17, 15) is 9.59 Å². The molecule has 1 aromatic carbocycles. The maximum atomic E-state index is 12.9. The molecule has 0 spiro atoms. The second kappa shape index (κ2) is 8.82. The number of carbonyl (C=O) groups is 2. The molecule has 0 bridgehead atoms. The lowest BCUT2D eigenvalue weighted by Gasteiger charge is -2.24. The average molecular weight is 416 g/mol. The molecule has 29 heavy (non-hydrogen) atoms. The summed E-state index contributed by atoms with van der Waals surface area (Å²) in [5.74, 6) is 2.48. The van der Waals surface area contributed by atoms with Gasteiger partial charge in [-0.3, -0.25) is 9.69 Å². The van der Waals surface area contributed by atoms with Crippen molar-refractivity contribution in [1.29, 1.82) is 0 Å². The summed E-state index contributed by atoms with van der Waals surface area (Å²) in [6.45, 7) is 2.55. The summed E-state index contributed by atoms with van der Waals surface area (Å²) in [5, 5.41) is 0.275. The van der Waals surface area contributed by atoms with Crippen LogP contribution in [0.2, 0.25) is 0 Å². The number of hydrogen-bond donors (Lipinski definition) is 0. The molecule has 2 aliphatic heterocycles. The van der Waals surface area contributed by atoms with Crippen LogP contribution in [0.1, 0.15) is 17.4 Å². The van der Waals surface area contributed by atoms with Crippen molar-refractivity contribution in [2.45, 2.75) is 11.7 Å². The summed E-state index contributed by atoms with van der Waals surface area (Å²) in [6.07, 6.45) is 2.54. The first-order valence-electron chi connectivity index (χ1n) is 9.79. The molecule has 3 amide bonds. The van der Waals surface area contributed by atoms with E-state index in [0.717, 1.165) is 23.6 Å². The highest BCUT2D eigenvalue weighted by Gasteiger charge is 2.33. The van der Waals surface area contributed by atoms with Crippen molar-refractivity contribution in [1.82, 2.24) is 9.80 Å². The highest BCUT2D eigenvalue weighted by molar-refractivity contribution is 7.99. The summed E-state index contributed by atoms with van der Waals surface area (Å²) in [6, 6.07) is 11.2.